The maximum Gasteiger partial charge on any atom is 0.326 e. The van der Waals surface area contributed by atoms with Crippen molar-refractivity contribution in [1.29, 1.82) is 5.26 Å². The van der Waals surface area contributed by atoms with E-state index in [1.165, 1.54) is 6.20 Å². The van der Waals surface area contributed by atoms with Crippen molar-refractivity contribution in [3.8, 4) is 34.4 Å². The maximum atomic E-state index is 13.4. The minimum absolute atomic E-state index is 0.0827. The van der Waals surface area contributed by atoms with E-state index in [-0.39, 0.29) is 38.3 Å². The number of pyridine rings is 1. The van der Waals surface area contributed by atoms with Crippen LogP contribution in [-0.4, -0.2) is 63.3 Å². The van der Waals surface area contributed by atoms with E-state index in [4.69, 9.17) is 56.7 Å². The Bertz CT molecular complexity index is 2940. The minimum atomic E-state index is -0.785. The van der Waals surface area contributed by atoms with Crippen LogP contribution in [-0.2, 0) is 56.5 Å². The monoisotopic (exact) mass is 1030 g/mol. The number of nitrogens with zero attached hydrogens (tertiary/aromatic N) is 4. The molecule has 0 saturated heterocycles. The van der Waals surface area contributed by atoms with Gasteiger partial charge in [-0.2, -0.15) is 10.4 Å². The highest BCUT2D eigenvalue weighted by atomic mass is 35.5. The Morgan fingerprint density at radius 2 is 1.44 bits per heavy atom. The molecule has 1 N–H and O–H groups in total. The molecule has 6 aromatic rings. The summed E-state index contributed by atoms with van der Waals surface area (Å²) in [6.45, 7) is 21.9. The summed E-state index contributed by atoms with van der Waals surface area (Å²) in [5, 5.41) is 19.6. The molecule has 0 spiro atoms. The summed E-state index contributed by atoms with van der Waals surface area (Å²) < 4.78 is 38.0. The van der Waals surface area contributed by atoms with Gasteiger partial charge in [0.2, 0.25) is 0 Å². The van der Waals surface area contributed by atoms with Crippen LogP contribution in [0.2, 0.25) is 10.0 Å². The molecule has 0 unspecified atom stereocenters. The number of benzene rings is 4. The molecule has 0 amide bonds. The number of hydrogen-bond acceptors (Lipinski definition) is 12. The second kappa shape index (κ2) is 24.2. The molecule has 0 radical (unpaired) electrons. The van der Waals surface area contributed by atoms with Gasteiger partial charge in [-0.05, 0) is 152 Å². The first-order valence-corrected chi connectivity index (χ1v) is 25.3. The van der Waals surface area contributed by atoms with Gasteiger partial charge in [-0.1, -0.05) is 60.5 Å². The van der Waals surface area contributed by atoms with Crippen molar-refractivity contribution in [3.63, 3.8) is 0 Å². The molecule has 0 aliphatic heterocycles. The van der Waals surface area contributed by atoms with Gasteiger partial charge in [0, 0.05) is 46.5 Å². The van der Waals surface area contributed by atoms with Gasteiger partial charge in [-0.25, -0.2) is 0 Å². The minimum Gasteiger partial charge on any atom is -0.496 e. The first-order valence-electron chi connectivity index (χ1n) is 24.6. The van der Waals surface area contributed by atoms with Gasteiger partial charge in [-0.15, -0.1) is 0 Å². The molecule has 388 valence electrons. The van der Waals surface area contributed by atoms with E-state index in [0.717, 1.165) is 44.3 Å². The first kappa shape index (κ1) is 56.1. The number of aryl methyl sites for hydroxylation is 1. The molecule has 73 heavy (non-hydrogen) atoms. The molecule has 0 bridgehead atoms. The van der Waals surface area contributed by atoms with Crippen LogP contribution in [0.1, 0.15) is 121 Å². The molecule has 15 heteroatoms. The summed E-state index contributed by atoms with van der Waals surface area (Å²) in [7, 11) is 1.61. The number of fused-ring (bicyclic) bond motifs is 1. The number of ether oxygens (including phenoxy) is 6. The second-order valence-electron chi connectivity index (χ2n) is 21.1. The number of nitriles is 1. The SMILES string of the molecule is CC[C@H](CCc1cc(Cl)c(OCc2cccc(-c3cccc4c3cnn4Cc3cc(OCc4cncc(C#N)c4)c(CN[C@@H](COC(C)(C)C)C(=O)OC(C)(C)C)cc3Cl)c2C)cc1OC)C(=O)OC(C)(C)C. The van der Waals surface area contributed by atoms with E-state index in [1.807, 2.05) is 129 Å². The molecule has 4 aromatic carbocycles. The van der Waals surface area contributed by atoms with E-state index in [9.17, 15) is 14.9 Å². The van der Waals surface area contributed by atoms with E-state index >= 15 is 0 Å². The zero-order valence-electron chi connectivity index (χ0n) is 44.2. The molecule has 2 atom stereocenters. The molecule has 2 aromatic heterocycles. The summed E-state index contributed by atoms with van der Waals surface area (Å²) in [4.78, 5) is 30.5. The highest BCUT2D eigenvalue weighted by molar-refractivity contribution is 6.32. The van der Waals surface area contributed by atoms with Gasteiger partial charge in [0.1, 0.15) is 53.8 Å². The molecule has 2 heterocycles. The Labute approximate surface area is 440 Å². The van der Waals surface area contributed by atoms with Gasteiger partial charge in [-0.3, -0.25) is 24.6 Å². The van der Waals surface area contributed by atoms with Crippen molar-refractivity contribution in [2.24, 2.45) is 5.92 Å². The maximum absolute atomic E-state index is 13.4. The Balaban J connectivity index is 1.23. The number of rotatable bonds is 21. The van der Waals surface area contributed by atoms with Crippen molar-refractivity contribution < 1.29 is 38.0 Å². The zero-order valence-corrected chi connectivity index (χ0v) is 45.7. The van der Waals surface area contributed by atoms with Gasteiger partial charge < -0.3 is 28.4 Å². The van der Waals surface area contributed by atoms with Crippen LogP contribution < -0.4 is 19.5 Å². The normalized spacial score (nSPS) is 12.8. The largest absolute Gasteiger partial charge is 0.496 e. The lowest BCUT2D eigenvalue weighted by molar-refractivity contribution is -0.161. The van der Waals surface area contributed by atoms with Crippen LogP contribution in [0.25, 0.3) is 22.0 Å². The fourth-order valence-electron chi connectivity index (χ4n) is 8.16. The third-order valence-electron chi connectivity index (χ3n) is 11.9. The summed E-state index contributed by atoms with van der Waals surface area (Å²) in [5.41, 5.74) is 6.68. The van der Waals surface area contributed by atoms with Crippen LogP contribution in [0.3, 0.4) is 0 Å². The molecule has 0 aliphatic rings. The van der Waals surface area contributed by atoms with E-state index < -0.39 is 28.8 Å². The van der Waals surface area contributed by atoms with Crippen molar-refractivity contribution in [2.45, 2.75) is 145 Å². The number of halogens is 2. The van der Waals surface area contributed by atoms with Gasteiger partial charge in [0.15, 0.2) is 0 Å². The number of carbonyl (C=O) groups excluding carboxylic acids is 2. The Morgan fingerprint density at radius 1 is 0.753 bits per heavy atom. The summed E-state index contributed by atoms with van der Waals surface area (Å²) >= 11 is 14.0. The third kappa shape index (κ3) is 15.7. The first-order chi connectivity index (χ1) is 34.4. The van der Waals surface area contributed by atoms with Crippen molar-refractivity contribution in [2.75, 3.05) is 13.7 Å². The van der Waals surface area contributed by atoms with Crippen LogP contribution in [0.15, 0.2) is 85.3 Å². The number of nitrogens with one attached hydrogen (secondary N) is 1. The summed E-state index contributed by atoms with van der Waals surface area (Å²) in [6, 6.07) is 22.8. The highest BCUT2D eigenvalue weighted by Crippen LogP contribution is 2.37. The van der Waals surface area contributed by atoms with Crippen molar-refractivity contribution in [3.05, 3.63) is 134 Å². The quantitative estimate of drug-likeness (QED) is 0.0682. The standard InChI is InChI=1S/C58H69Cl2N5O8/c1-13-39(54(66)72-57(6,7)8)20-21-40-23-48(60)53(26-51(40)68-12)70-34-41-16-14-17-44(36(41)2)45-18-15-19-50-46(45)31-64-65(50)32-43-25-52(69-33-38-22-37(27-61)28-62-29-38)42(24-47(43)59)30-63-49(35-71-56(3,4)5)55(67)73-58(9,10)11/h14-19,22-26,28-29,31,39,49,63H,13,20-21,30,32-35H2,1-12H3/t39-,49+/m1/s1. The summed E-state index contributed by atoms with van der Waals surface area (Å²) in [5.74, 6) is 0.767. The number of methoxy groups -OCH3 is 1. The Hall–Kier alpha value is -6.17. The highest BCUT2D eigenvalue weighted by Gasteiger charge is 2.28. The van der Waals surface area contributed by atoms with Gasteiger partial charge in [0.05, 0.1) is 54.1 Å². The predicted molar refractivity (Wildman–Crippen MR) is 286 cm³/mol. The molecule has 0 fully saturated rings. The zero-order chi connectivity index (χ0) is 53.3. The van der Waals surface area contributed by atoms with Crippen LogP contribution in [0.4, 0.5) is 0 Å². The van der Waals surface area contributed by atoms with Gasteiger partial charge >= 0.3 is 11.9 Å². The van der Waals surface area contributed by atoms with Crippen molar-refractivity contribution in [1.82, 2.24) is 20.1 Å². The van der Waals surface area contributed by atoms with Crippen LogP contribution >= 0.6 is 23.2 Å². The average molecular weight is 1040 g/mol. The lowest BCUT2D eigenvalue weighted by Gasteiger charge is -2.27. The molecule has 6 rings (SSSR count). The molecular formula is C58H69Cl2N5O8. The fourth-order valence-corrected chi connectivity index (χ4v) is 8.64. The molecular weight excluding hydrogens is 966 g/mol. The fraction of sp³-hybridized carbons (Fsp3) is 0.431. The van der Waals surface area contributed by atoms with E-state index in [1.54, 1.807) is 19.4 Å². The number of aromatic nitrogens is 3. The lowest BCUT2D eigenvalue weighted by atomic mass is 9.94. The lowest BCUT2D eigenvalue weighted by Crippen LogP contribution is -2.45. The Morgan fingerprint density at radius 3 is 2.12 bits per heavy atom. The smallest absolute Gasteiger partial charge is 0.326 e. The van der Waals surface area contributed by atoms with E-state index in [2.05, 4.69) is 35.4 Å². The predicted octanol–water partition coefficient (Wildman–Crippen LogP) is 12.7. The second-order valence-corrected chi connectivity index (χ2v) is 21.9. The van der Waals surface area contributed by atoms with Crippen molar-refractivity contribution >= 4 is 46.0 Å². The third-order valence-corrected chi connectivity index (χ3v) is 12.6. The number of hydrogen-bond donors (Lipinski definition) is 1. The number of esters is 2. The van der Waals surface area contributed by atoms with Crippen LogP contribution in [0.5, 0.6) is 17.2 Å². The van der Waals surface area contributed by atoms with E-state index in [0.29, 0.717) is 69.8 Å². The molecule has 0 aliphatic carbocycles. The molecule has 13 nitrogen and oxygen atoms in total. The average Bonchev–Trinajstić information content (AvgIpc) is 3.73. The Kier molecular flexibility index (Phi) is 18.6. The topological polar surface area (TPSA) is 156 Å². The van der Waals surface area contributed by atoms with Gasteiger partial charge in [0.25, 0.3) is 0 Å². The summed E-state index contributed by atoms with van der Waals surface area (Å²) in [6.07, 6.45) is 6.87. The van der Waals surface area contributed by atoms with Crippen LogP contribution in [0, 0.1) is 24.2 Å². The number of carbonyl (C=O) groups is 2. The molecule has 0 saturated carbocycles.